The van der Waals surface area contributed by atoms with Gasteiger partial charge in [0.1, 0.15) is 11.5 Å². The summed E-state index contributed by atoms with van der Waals surface area (Å²) in [6, 6.07) is 0.830. The monoisotopic (exact) mass is 437 g/mol. The van der Waals surface area contributed by atoms with Crippen molar-refractivity contribution in [2.75, 3.05) is 0 Å². The van der Waals surface area contributed by atoms with E-state index in [1.54, 1.807) is 0 Å². The lowest BCUT2D eigenvalue weighted by molar-refractivity contribution is -0.138. The Balaban J connectivity index is 2.78. The predicted molar refractivity (Wildman–Crippen MR) is 74.7 cm³/mol. The molecular formula is C13H4BrClF7NO. The van der Waals surface area contributed by atoms with Crippen LogP contribution in [0.25, 0.3) is 5.69 Å². The van der Waals surface area contributed by atoms with Crippen LogP contribution in [0.2, 0.25) is 5.02 Å². The highest BCUT2D eigenvalue weighted by atomic mass is 79.9. The number of nitrogens with zero attached hydrogens (tertiary/aromatic N) is 1. The molecule has 2 rings (SSSR count). The van der Waals surface area contributed by atoms with Crippen molar-refractivity contribution in [3.63, 3.8) is 0 Å². The topological polar surface area (TPSA) is 22.0 Å². The van der Waals surface area contributed by atoms with Gasteiger partial charge >= 0.3 is 12.4 Å². The summed E-state index contributed by atoms with van der Waals surface area (Å²) < 4.78 is 89.9. The molecule has 0 saturated carbocycles. The number of rotatable bonds is 1. The summed E-state index contributed by atoms with van der Waals surface area (Å²) in [5, 5.41) is -0.865. The minimum atomic E-state index is -4.91. The smallest absolute Gasteiger partial charge is 0.278 e. The summed E-state index contributed by atoms with van der Waals surface area (Å²) >= 11 is 8.17. The van der Waals surface area contributed by atoms with E-state index in [-0.39, 0.29) is 16.8 Å². The Bertz CT molecular complexity index is 834. The van der Waals surface area contributed by atoms with Gasteiger partial charge in [-0.3, -0.25) is 9.36 Å². The molecule has 2 aromatic rings. The zero-order valence-corrected chi connectivity index (χ0v) is 13.4. The van der Waals surface area contributed by atoms with E-state index in [9.17, 15) is 35.5 Å². The van der Waals surface area contributed by atoms with Crippen molar-refractivity contribution in [3.05, 3.63) is 61.2 Å². The SMILES string of the molecule is O=c1c(Br)cc(C(F)(F)F)cn1-c1c(F)cc(C(F)(F)F)cc1Cl. The Hall–Kier alpha value is -1.55. The molecule has 0 atom stereocenters. The molecule has 0 spiro atoms. The van der Waals surface area contributed by atoms with Gasteiger partial charge in [0.2, 0.25) is 0 Å². The molecule has 1 heterocycles. The second-order valence-electron chi connectivity index (χ2n) is 4.54. The lowest BCUT2D eigenvalue weighted by Crippen LogP contribution is -2.23. The van der Waals surface area contributed by atoms with Gasteiger partial charge in [-0.15, -0.1) is 0 Å². The van der Waals surface area contributed by atoms with Crippen LogP contribution in [0.3, 0.4) is 0 Å². The van der Waals surface area contributed by atoms with Crippen molar-refractivity contribution in [3.8, 4) is 5.69 Å². The molecule has 1 aromatic heterocycles. The van der Waals surface area contributed by atoms with Gasteiger partial charge in [0, 0.05) is 6.20 Å². The Morgan fingerprint density at radius 2 is 1.50 bits per heavy atom. The minimum Gasteiger partial charge on any atom is -0.278 e. The van der Waals surface area contributed by atoms with Crippen molar-refractivity contribution in [1.29, 1.82) is 0 Å². The largest absolute Gasteiger partial charge is 0.417 e. The second kappa shape index (κ2) is 6.07. The quantitative estimate of drug-likeness (QED) is 0.544. The van der Waals surface area contributed by atoms with Crippen molar-refractivity contribution in [1.82, 2.24) is 4.57 Å². The summed E-state index contributed by atoms with van der Waals surface area (Å²) in [6.07, 6.45) is -9.53. The zero-order valence-electron chi connectivity index (χ0n) is 11.1. The first-order valence-electron chi connectivity index (χ1n) is 5.88. The second-order valence-corrected chi connectivity index (χ2v) is 5.80. The van der Waals surface area contributed by atoms with E-state index < -0.39 is 50.0 Å². The van der Waals surface area contributed by atoms with Gasteiger partial charge in [0.25, 0.3) is 5.56 Å². The number of hydrogen-bond acceptors (Lipinski definition) is 1. The number of aromatic nitrogens is 1. The molecule has 24 heavy (non-hydrogen) atoms. The molecule has 0 saturated heterocycles. The Labute approximate surface area is 142 Å². The van der Waals surface area contributed by atoms with Crippen LogP contribution < -0.4 is 5.56 Å². The highest BCUT2D eigenvalue weighted by Crippen LogP contribution is 2.36. The van der Waals surface area contributed by atoms with E-state index in [1.165, 1.54) is 0 Å². The van der Waals surface area contributed by atoms with Gasteiger partial charge in [0.05, 0.1) is 20.6 Å². The van der Waals surface area contributed by atoms with E-state index in [0.29, 0.717) is 12.1 Å². The fourth-order valence-electron chi connectivity index (χ4n) is 1.83. The Morgan fingerprint density at radius 1 is 0.958 bits per heavy atom. The maximum Gasteiger partial charge on any atom is 0.417 e. The van der Waals surface area contributed by atoms with Gasteiger partial charge < -0.3 is 0 Å². The Morgan fingerprint density at radius 3 is 1.96 bits per heavy atom. The number of pyridine rings is 1. The first-order chi connectivity index (χ1) is 10.8. The van der Waals surface area contributed by atoms with Gasteiger partial charge in [0.15, 0.2) is 0 Å². The normalized spacial score (nSPS) is 12.5. The van der Waals surface area contributed by atoms with Crippen molar-refractivity contribution in [2.45, 2.75) is 12.4 Å². The van der Waals surface area contributed by atoms with E-state index in [0.717, 1.165) is 0 Å². The van der Waals surface area contributed by atoms with Crippen LogP contribution in [0.15, 0.2) is 33.7 Å². The molecule has 0 bridgehead atoms. The zero-order chi connectivity index (χ0) is 18.4. The van der Waals surface area contributed by atoms with Gasteiger partial charge in [-0.2, -0.15) is 26.3 Å². The van der Waals surface area contributed by atoms with Gasteiger partial charge in [-0.05, 0) is 34.1 Å². The molecule has 11 heteroatoms. The van der Waals surface area contributed by atoms with Crippen molar-refractivity contribution in [2.24, 2.45) is 0 Å². The molecule has 0 amide bonds. The molecule has 0 aliphatic rings. The predicted octanol–water partition coefficient (Wildman–Crippen LogP) is 5.43. The summed E-state index contributed by atoms with van der Waals surface area (Å²) in [5.74, 6) is -1.59. The van der Waals surface area contributed by atoms with Crippen LogP contribution in [0.4, 0.5) is 30.7 Å². The van der Waals surface area contributed by atoms with E-state index in [2.05, 4.69) is 15.9 Å². The Kier molecular flexibility index (Phi) is 4.75. The number of alkyl halides is 6. The van der Waals surface area contributed by atoms with E-state index >= 15 is 0 Å². The molecule has 130 valence electrons. The highest BCUT2D eigenvalue weighted by molar-refractivity contribution is 9.10. The first-order valence-corrected chi connectivity index (χ1v) is 7.05. The molecule has 2 nitrogen and oxygen atoms in total. The third-order valence-electron chi connectivity index (χ3n) is 2.89. The van der Waals surface area contributed by atoms with Gasteiger partial charge in [-0.25, -0.2) is 4.39 Å². The third-order valence-corrected chi connectivity index (χ3v) is 3.74. The average Bonchev–Trinajstić information content (AvgIpc) is 2.40. The van der Waals surface area contributed by atoms with Crippen LogP contribution >= 0.6 is 27.5 Å². The van der Waals surface area contributed by atoms with Crippen LogP contribution in [-0.4, -0.2) is 4.57 Å². The maximum absolute atomic E-state index is 14.0. The molecular weight excluding hydrogens is 434 g/mol. The summed E-state index contributed by atoms with van der Waals surface area (Å²) in [6.45, 7) is 0. The molecule has 0 aliphatic heterocycles. The highest BCUT2D eigenvalue weighted by Gasteiger charge is 2.34. The summed E-state index contributed by atoms with van der Waals surface area (Å²) in [7, 11) is 0. The first kappa shape index (κ1) is 18.8. The molecule has 0 fully saturated rings. The average molecular weight is 439 g/mol. The van der Waals surface area contributed by atoms with Crippen LogP contribution in [0.1, 0.15) is 11.1 Å². The number of benzene rings is 1. The molecule has 0 N–H and O–H groups in total. The number of hydrogen-bond donors (Lipinski definition) is 0. The lowest BCUT2D eigenvalue weighted by Gasteiger charge is -2.15. The molecule has 1 aromatic carbocycles. The molecule has 0 unspecified atom stereocenters. The van der Waals surface area contributed by atoms with E-state index in [1.807, 2.05) is 0 Å². The van der Waals surface area contributed by atoms with Crippen LogP contribution in [0, 0.1) is 5.82 Å². The van der Waals surface area contributed by atoms with Crippen LogP contribution in [0.5, 0.6) is 0 Å². The van der Waals surface area contributed by atoms with E-state index in [4.69, 9.17) is 11.6 Å². The third kappa shape index (κ3) is 3.59. The fraction of sp³-hybridized carbons (Fsp3) is 0.154. The number of halogens is 9. The molecule has 0 radical (unpaired) electrons. The molecule has 0 aliphatic carbocycles. The van der Waals surface area contributed by atoms with Crippen molar-refractivity contribution < 1.29 is 30.7 Å². The van der Waals surface area contributed by atoms with Crippen LogP contribution in [-0.2, 0) is 12.4 Å². The summed E-state index contributed by atoms with van der Waals surface area (Å²) in [4.78, 5) is 11.9. The minimum absolute atomic E-state index is 0.0435. The maximum atomic E-state index is 14.0. The fourth-order valence-corrected chi connectivity index (χ4v) is 2.57. The standard InChI is InChI=1S/C13H4BrClF7NO/c14-7-1-6(13(20,21)22)4-23(11(7)24)10-8(15)2-5(3-9(10)16)12(17,18)19/h1-4H. The van der Waals surface area contributed by atoms with Gasteiger partial charge in [-0.1, -0.05) is 11.6 Å². The lowest BCUT2D eigenvalue weighted by atomic mass is 10.1. The summed E-state index contributed by atoms with van der Waals surface area (Å²) in [5.41, 5.74) is -4.79. The van der Waals surface area contributed by atoms with Crippen molar-refractivity contribution >= 4 is 27.5 Å².